The Labute approximate surface area is 112 Å². The van der Waals surface area contributed by atoms with Gasteiger partial charge in [-0.05, 0) is 18.6 Å². The van der Waals surface area contributed by atoms with Crippen molar-refractivity contribution < 1.29 is 19.1 Å². The molecule has 5 nitrogen and oxygen atoms in total. The second-order valence-electron chi connectivity index (χ2n) is 3.94. The largest absolute Gasteiger partial charge is 0.481 e. The number of nitrogens with one attached hydrogen (secondary N) is 1. The fraction of sp³-hybridized carbons (Fsp3) is 0.429. The number of benzene rings is 1. The first kappa shape index (κ1) is 15.0. The van der Waals surface area contributed by atoms with Crippen molar-refractivity contribution in [3.63, 3.8) is 0 Å². The molecule has 1 amide bonds. The summed E-state index contributed by atoms with van der Waals surface area (Å²) in [6.07, 6.45) is 0.156. The van der Waals surface area contributed by atoms with E-state index in [9.17, 15) is 9.59 Å². The van der Waals surface area contributed by atoms with Gasteiger partial charge < -0.3 is 14.8 Å². The van der Waals surface area contributed by atoms with E-state index >= 15 is 0 Å². The summed E-state index contributed by atoms with van der Waals surface area (Å²) in [6.45, 7) is 2.12. The molecule has 0 aliphatic heterocycles. The number of carbonyl (C=O) groups is 2. The van der Waals surface area contributed by atoms with Crippen LogP contribution in [0.5, 0.6) is 5.75 Å². The molecule has 0 saturated heterocycles. The molecule has 1 aromatic rings. The Bertz CT molecular complexity index is 405. The van der Waals surface area contributed by atoms with Gasteiger partial charge in [0.2, 0.25) is 0 Å². The molecule has 0 aliphatic rings. The summed E-state index contributed by atoms with van der Waals surface area (Å²) < 4.78 is 10.1. The van der Waals surface area contributed by atoms with Gasteiger partial charge in [0.25, 0.3) is 5.91 Å². The van der Waals surface area contributed by atoms with Gasteiger partial charge in [0.15, 0.2) is 6.10 Å². The quantitative estimate of drug-likeness (QED) is 0.759. The average Bonchev–Trinajstić information content (AvgIpc) is 2.45. The summed E-state index contributed by atoms with van der Waals surface area (Å²) in [5.41, 5.74) is 0. The van der Waals surface area contributed by atoms with Crippen LogP contribution in [0, 0.1) is 0 Å². The molecular weight excluding hydrogens is 246 g/mol. The molecule has 0 saturated carbocycles. The lowest BCUT2D eigenvalue weighted by Gasteiger charge is -2.17. The molecule has 0 radical (unpaired) electrons. The monoisotopic (exact) mass is 265 g/mol. The highest BCUT2D eigenvalue weighted by Crippen LogP contribution is 2.12. The van der Waals surface area contributed by atoms with E-state index < -0.39 is 6.10 Å². The van der Waals surface area contributed by atoms with Crippen LogP contribution >= 0.6 is 0 Å². The summed E-state index contributed by atoms with van der Waals surface area (Å²) in [5.74, 6) is 0.0741. The topological polar surface area (TPSA) is 64.6 Å². The summed E-state index contributed by atoms with van der Waals surface area (Å²) in [4.78, 5) is 22.8. The lowest BCUT2D eigenvalue weighted by molar-refractivity contribution is -0.140. The first-order valence-electron chi connectivity index (χ1n) is 6.23. The standard InChI is InChI=1S/C14H19NO4/c1-3-12(19-11-7-5-4-6-8-11)14(17)15-10-9-13(16)18-2/h4-8,12H,3,9-10H2,1-2H3,(H,15,17). The fourth-order valence-electron chi connectivity index (χ4n) is 1.49. The van der Waals surface area contributed by atoms with E-state index in [0.717, 1.165) is 0 Å². The Morgan fingerprint density at radius 2 is 1.95 bits per heavy atom. The normalized spacial score (nSPS) is 11.5. The molecule has 0 aromatic heterocycles. The number of methoxy groups -OCH3 is 1. The first-order chi connectivity index (χ1) is 9.17. The SMILES string of the molecule is CCC(Oc1ccccc1)C(=O)NCCC(=O)OC. The number of hydrogen-bond donors (Lipinski definition) is 1. The molecule has 0 spiro atoms. The molecule has 0 aliphatic carbocycles. The first-order valence-corrected chi connectivity index (χ1v) is 6.23. The smallest absolute Gasteiger partial charge is 0.307 e. The Kier molecular flexibility index (Phi) is 6.43. The maximum absolute atomic E-state index is 11.9. The molecule has 1 aromatic carbocycles. The highest BCUT2D eigenvalue weighted by Gasteiger charge is 2.18. The minimum atomic E-state index is -0.556. The maximum Gasteiger partial charge on any atom is 0.307 e. The van der Waals surface area contributed by atoms with Gasteiger partial charge in [-0.1, -0.05) is 25.1 Å². The van der Waals surface area contributed by atoms with E-state index in [1.54, 1.807) is 12.1 Å². The number of ether oxygens (including phenoxy) is 2. The molecule has 0 bridgehead atoms. The summed E-state index contributed by atoms with van der Waals surface area (Å²) in [7, 11) is 1.32. The third-order valence-corrected chi connectivity index (χ3v) is 2.54. The van der Waals surface area contributed by atoms with Gasteiger partial charge in [-0.25, -0.2) is 0 Å². The van der Waals surface area contributed by atoms with Crippen molar-refractivity contribution in [3.05, 3.63) is 30.3 Å². The third-order valence-electron chi connectivity index (χ3n) is 2.54. The van der Waals surface area contributed by atoms with Gasteiger partial charge in [0, 0.05) is 6.54 Å². The van der Waals surface area contributed by atoms with E-state index in [-0.39, 0.29) is 24.8 Å². The number of amides is 1. The molecule has 104 valence electrons. The molecular formula is C14H19NO4. The molecule has 1 unspecified atom stereocenters. The van der Waals surface area contributed by atoms with E-state index in [1.807, 2.05) is 25.1 Å². The predicted molar refractivity (Wildman–Crippen MR) is 70.8 cm³/mol. The fourth-order valence-corrected chi connectivity index (χ4v) is 1.49. The van der Waals surface area contributed by atoms with Gasteiger partial charge in [-0.2, -0.15) is 0 Å². The van der Waals surface area contributed by atoms with E-state index in [2.05, 4.69) is 10.1 Å². The minimum absolute atomic E-state index is 0.157. The van der Waals surface area contributed by atoms with Crippen LogP contribution in [0.4, 0.5) is 0 Å². The number of carbonyl (C=O) groups excluding carboxylic acids is 2. The minimum Gasteiger partial charge on any atom is -0.481 e. The summed E-state index contributed by atoms with van der Waals surface area (Å²) >= 11 is 0. The lowest BCUT2D eigenvalue weighted by atomic mass is 10.2. The number of esters is 1. The zero-order valence-corrected chi connectivity index (χ0v) is 11.2. The van der Waals surface area contributed by atoms with E-state index in [1.165, 1.54) is 7.11 Å². The molecule has 1 atom stereocenters. The molecule has 0 fully saturated rings. The van der Waals surface area contributed by atoms with Gasteiger partial charge in [0.05, 0.1) is 13.5 Å². The van der Waals surface area contributed by atoms with Gasteiger partial charge in [0.1, 0.15) is 5.75 Å². The van der Waals surface area contributed by atoms with Gasteiger partial charge in [-0.15, -0.1) is 0 Å². The second-order valence-corrected chi connectivity index (χ2v) is 3.94. The van der Waals surface area contributed by atoms with Crippen LogP contribution in [0.15, 0.2) is 30.3 Å². The second kappa shape index (κ2) is 8.13. The lowest BCUT2D eigenvalue weighted by Crippen LogP contribution is -2.39. The third kappa shape index (κ3) is 5.42. The van der Waals surface area contributed by atoms with Crippen molar-refractivity contribution in [2.24, 2.45) is 0 Å². The van der Waals surface area contributed by atoms with Crippen molar-refractivity contribution in [1.29, 1.82) is 0 Å². The molecule has 0 heterocycles. The summed E-state index contributed by atoms with van der Waals surface area (Å²) in [6, 6.07) is 9.16. The van der Waals surface area contributed by atoms with Crippen molar-refractivity contribution in [2.45, 2.75) is 25.9 Å². The van der Waals surface area contributed by atoms with Gasteiger partial charge >= 0.3 is 5.97 Å². The number of hydrogen-bond acceptors (Lipinski definition) is 4. The molecule has 5 heteroatoms. The highest BCUT2D eigenvalue weighted by molar-refractivity contribution is 5.81. The Morgan fingerprint density at radius 1 is 1.26 bits per heavy atom. The van der Waals surface area contributed by atoms with Crippen molar-refractivity contribution in [2.75, 3.05) is 13.7 Å². The van der Waals surface area contributed by atoms with Crippen LogP contribution in [0.3, 0.4) is 0 Å². The Morgan fingerprint density at radius 3 is 2.53 bits per heavy atom. The van der Waals surface area contributed by atoms with E-state index in [4.69, 9.17) is 4.74 Å². The Hall–Kier alpha value is -2.04. The Balaban J connectivity index is 2.41. The molecule has 1 N–H and O–H groups in total. The number of para-hydroxylation sites is 1. The van der Waals surface area contributed by atoms with Crippen LogP contribution in [0.1, 0.15) is 19.8 Å². The van der Waals surface area contributed by atoms with Crippen molar-refractivity contribution in [3.8, 4) is 5.75 Å². The van der Waals surface area contributed by atoms with Crippen LogP contribution in [0.2, 0.25) is 0 Å². The maximum atomic E-state index is 11.9. The predicted octanol–water partition coefficient (Wildman–Crippen LogP) is 1.52. The van der Waals surface area contributed by atoms with Crippen LogP contribution < -0.4 is 10.1 Å². The van der Waals surface area contributed by atoms with Crippen LogP contribution in [-0.4, -0.2) is 31.6 Å². The zero-order chi connectivity index (χ0) is 14.1. The van der Waals surface area contributed by atoms with Crippen molar-refractivity contribution >= 4 is 11.9 Å². The van der Waals surface area contributed by atoms with Crippen molar-refractivity contribution in [1.82, 2.24) is 5.32 Å². The van der Waals surface area contributed by atoms with Gasteiger partial charge in [-0.3, -0.25) is 9.59 Å². The van der Waals surface area contributed by atoms with Crippen LogP contribution in [-0.2, 0) is 14.3 Å². The van der Waals surface area contributed by atoms with Crippen LogP contribution in [0.25, 0.3) is 0 Å². The molecule has 19 heavy (non-hydrogen) atoms. The zero-order valence-electron chi connectivity index (χ0n) is 11.2. The summed E-state index contributed by atoms with van der Waals surface area (Å²) in [5, 5.41) is 2.65. The van der Waals surface area contributed by atoms with E-state index in [0.29, 0.717) is 12.2 Å². The number of rotatable bonds is 7. The highest BCUT2D eigenvalue weighted by atomic mass is 16.5. The molecule has 1 rings (SSSR count). The average molecular weight is 265 g/mol.